The smallest absolute Gasteiger partial charge is 0.304 e. The van der Waals surface area contributed by atoms with Crippen molar-refractivity contribution < 1.29 is 18.3 Å². The molecule has 0 aliphatic rings. The molecule has 14 heavy (non-hydrogen) atoms. The predicted molar refractivity (Wildman–Crippen MR) is 53.6 cm³/mol. The molecule has 0 aromatic carbocycles. The van der Waals surface area contributed by atoms with Crippen LogP contribution in [-0.4, -0.2) is 31.8 Å². The second-order valence-corrected chi connectivity index (χ2v) is 4.99. The van der Waals surface area contributed by atoms with Gasteiger partial charge in [0.1, 0.15) is 0 Å². The van der Waals surface area contributed by atoms with Crippen molar-refractivity contribution in [3.63, 3.8) is 0 Å². The molecule has 2 N–H and O–H groups in total. The van der Waals surface area contributed by atoms with Crippen molar-refractivity contribution in [3.05, 3.63) is 0 Å². The number of unbranched alkanes of at least 4 members (excludes halogenated alkanes) is 2. The van der Waals surface area contributed by atoms with E-state index in [0.29, 0.717) is 6.42 Å². The summed E-state index contributed by atoms with van der Waals surface area (Å²) in [5.74, 6) is -0.915. The second-order valence-electron chi connectivity index (χ2n) is 3.06. The van der Waals surface area contributed by atoms with Gasteiger partial charge in [0.15, 0.2) is 0 Å². The van der Waals surface area contributed by atoms with Crippen LogP contribution in [0.5, 0.6) is 0 Å². The minimum atomic E-state index is -3.26. The van der Waals surface area contributed by atoms with Crippen molar-refractivity contribution >= 4 is 16.0 Å². The maximum absolute atomic E-state index is 11.2. The Morgan fingerprint density at radius 2 is 2.00 bits per heavy atom. The van der Waals surface area contributed by atoms with Crippen LogP contribution in [0.2, 0.25) is 0 Å². The zero-order valence-corrected chi connectivity index (χ0v) is 9.14. The zero-order chi connectivity index (χ0) is 11.0. The van der Waals surface area contributed by atoms with Gasteiger partial charge in [-0.05, 0) is 6.42 Å². The second kappa shape index (κ2) is 6.78. The van der Waals surface area contributed by atoms with Crippen molar-refractivity contribution in [2.45, 2.75) is 32.6 Å². The lowest BCUT2D eigenvalue weighted by Gasteiger charge is -2.04. The first-order valence-electron chi connectivity index (χ1n) is 4.67. The number of aliphatic carboxylic acids is 1. The molecule has 0 heterocycles. The lowest BCUT2D eigenvalue weighted by atomic mass is 10.3. The van der Waals surface area contributed by atoms with E-state index in [1.54, 1.807) is 0 Å². The number of rotatable bonds is 8. The summed E-state index contributed by atoms with van der Waals surface area (Å²) in [5, 5.41) is 8.29. The molecular weight excluding hydrogens is 206 g/mol. The fourth-order valence-corrected chi connectivity index (χ4v) is 2.07. The Morgan fingerprint density at radius 1 is 1.36 bits per heavy atom. The monoisotopic (exact) mass is 223 g/mol. The SMILES string of the molecule is CCCCCS(=O)(=O)NCCC(=O)O. The predicted octanol–water partition coefficient (Wildman–Crippen LogP) is 0.571. The fraction of sp³-hybridized carbons (Fsp3) is 0.875. The number of hydrogen-bond donors (Lipinski definition) is 2. The minimum Gasteiger partial charge on any atom is -0.481 e. The van der Waals surface area contributed by atoms with Gasteiger partial charge in [-0.15, -0.1) is 0 Å². The Bertz CT molecular complexity index is 261. The van der Waals surface area contributed by atoms with Crippen LogP contribution in [0.25, 0.3) is 0 Å². The number of sulfonamides is 1. The third kappa shape index (κ3) is 8.00. The number of carbonyl (C=O) groups is 1. The number of nitrogens with one attached hydrogen (secondary N) is 1. The largest absolute Gasteiger partial charge is 0.481 e. The summed E-state index contributed by atoms with van der Waals surface area (Å²) in [6.45, 7) is 1.97. The molecule has 84 valence electrons. The highest BCUT2D eigenvalue weighted by Gasteiger charge is 2.09. The van der Waals surface area contributed by atoms with E-state index in [0.717, 1.165) is 12.8 Å². The third-order valence-electron chi connectivity index (χ3n) is 1.68. The third-order valence-corrected chi connectivity index (χ3v) is 3.15. The Morgan fingerprint density at radius 3 is 2.50 bits per heavy atom. The van der Waals surface area contributed by atoms with Gasteiger partial charge in [-0.25, -0.2) is 13.1 Å². The van der Waals surface area contributed by atoms with Crippen molar-refractivity contribution in [2.24, 2.45) is 0 Å². The lowest BCUT2D eigenvalue weighted by Crippen LogP contribution is -2.28. The highest BCUT2D eigenvalue weighted by Crippen LogP contribution is 1.97. The average Bonchev–Trinajstić information content (AvgIpc) is 2.03. The van der Waals surface area contributed by atoms with Crippen LogP contribution >= 0.6 is 0 Å². The van der Waals surface area contributed by atoms with Crippen LogP contribution in [0, 0.1) is 0 Å². The van der Waals surface area contributed by atoms with Crippen LogP contribution in [-0.2, 0) is 14.8 Å². The van der Waals surface area contributed by atoms with Crippen molar-refractivity contribution in [2.75, 3.05) is 12.3 Å². The maximum atomic E-state index is 11.2. The molecule has 0 bridgehead atoms. The first-order chi connectivity index (χ1) is 6.48. The molecule has 0 radical (unpaired) electrons. The standard InChI is InChI=1S/C8H17NO4S/c1-2-3-4-7-14(12,13)9-6-5-8(10)11/h9H,2-7H2,1H3,(H,10,11). The summed E-state index contributed by atoms with van der Waals surface area (Å²) in [4.78, 5) is 10.1. The molecule has 0 aromatic rings. The fourth-order valence-electron chi connectivity index (χ4n) is 0.928. The molecule has 0 unspecified atom stereocenters. The lowest BCUT2D eigenvalue weighted by molar-refractivity contribution is -0.136. The van der Waals surface area contributed by atoms with E-state index in [-0.39, 0.29) is 18.7 Å². The minimum absolute atomic E-state index is 0.0240. The highest BCUT2D eigenvalue weighted by molar-refractivity contribution is 7.89. The van der Waals surface area contributed by atoms with E-state index in [2.05, 4.69) is 4.72 Å². The van der Waals surface area contributed by atoms with Crippen molar-refractivity contribution in [1.29, 1.82) is 0 Å². The molecule has 0 amide bonds. The molecule has 0 saturated carbocycles. The Kier molecular flexibility index (Phi) is 6.48. The molecule has 0 aliphatic heterocycles. The average molecular weight is 223 g/mol. The summed E-state index contributed by atoms with van der Waals surface area (Å²) in [5.41, 5.74) is 0. The van der Waals surface area contributed by atoms with Gasteiger partial charge in [0, 0.05) is 6.54 Å². The molecule has 0 fully saturated rings. The van der Waals surface area contributed by atoms with Crippen LogP contribution in [0.3, 0.4) is 0 Å². The first-order valence-corrected chi connectivity index (χ1v) is 6.32. The molecule has 0 aliphatic carbocycles. The zero-order valence-electron chi connectivity index (χ0n) is 8.32. The van der Waals surface area contributed by atoms with Crippen LogP contribution in [0.1, 0.15) is 32.6 Å². The summed E-state index contributed by atoms with van der Waals surface area (Å²) < 4.78 is 24.6. The Labute approximate surface area is 84.6 Å². The topological polar surface area (TPSA) is 83.5 Å². The van der Waals surface area contributed by atoms with Gasteiger partial charge in [0.25, 0.3) is 0 Å². The molecule has 0 spiro atoms. The summed E-state index contributed by atoms with van der Waals surface area (Å²) in [7, 11) is -3.26. The van der Waals surface area contributed by atoms with Gasteiger partial charge < -0.3 is 5.11 Å². The van der Waals surface area contributed by atoms with Gasteiger partial charge >= 0.3 is 5.97 Å². The number of carboxylic acid groups (broad SMARTS) is 1. The normalized spacial score (nSPS) is 11.5. The number of hydrogen-bond acceptors (Lipinski definition) is 3. The molecule has 5 nitrogen and oxygen atoms in total. The molecule has 0 saturated heterocycles. The van der Waals surface area contributed by atoms with Crippen LogP contribution in [0.4, 0.5) is 0 Å². The van der Waals surface area contributed by atoms with Crippen molar-refractivity contribution in [3.8, 4) is 0 Å². The van der Waals surface area contributed by atoms with Gasteiger partial charge in [0.05, 0.1) is 12.2 Å². The van der Waals surface area contributed by atoms with E-state index in [9.17, 15) is 13.2 Å². The van der Waals surface area contributed by atoms with Gasteiger partial charge in [0.2, 0.25) is 10.0 Å². The van der Waals surface area contributed by atoms with E-state index < -0.39 is 16.0 Å². The van der Waals surface area contributed by atoms with Gasteiger partial charge in [-0.1, -0.05) is 19.8 Å². The van der Waals surface area contributed by atoms with E-state index >= 15 is 0 Å². The summed E-state index contributed by atoms with van der Waals surface area (Å²) in [6.07, 6.45) is 2.29. The van der Waals surface area contributed by atoms with E-state index in [1.807, 2.05) is 6.92 Å². The molecule has 0 atom stereocenters. The maximum Gasteiger partial charge on any atom is 0.304 e. The van der Waals surface area contributed by atoms with E-state index in [4.69, 9.17) is 5.11 Å². The van der Waals surface area contributed by atoms with Crippen molar-refractivity contribution in [1.82, 2.24) is 4.72 Å². The Hall–Kier alpha value is -0.620. The molecule has 0 rings (SSSR count). The highest BCUT2D eigenvalue weighted by atomic mass is 32.2. The van der Waals surface area contributed by atoms with Gasteiger partial charge in [-0.2, -0.15) is 0 Å². The summed E-state index contributed by atoms with van der Waals surface area (Å²) in [6, 6.07) is 0. The summed E-state index contributed by atoms with van der Waals surface area (Å²) >= 11 is 0. The number of carboxylic acids is 1. The molecule has 0 aromatic heterocycles. The Balaban J connectivity index is 3.67. The first kappa shape index (κ1) is 13.4. The van der Waals surface area contributed by atoms with Crippen LogP contribution in [0.15, 0.2) is 0 Å². The van der Waals surface area contributed by atoms with E-state index in [1.165, 1.54) is 0 Å². The quantitative estimate of drug-likeness (QED) is 0.589. The van der Waals surface area contributed by atoms with Crippen LogP contribution < -0.4 is 4.72 Å². The van der Waals surface area contributed by atoms with Gasteiger partial charge in [-0.3, -0.25) is 4.79 Å². The molecule has 6 heteroatoms. The molecular formula is C8H17NO4S.